The molecular weight excluding hydrogens is 218 g/mol. The summed E-state index contributed by atoms with van der Waals surface area (Å²) in [7, 11) is 0. The van der Waals surface area contributed by atoms with Crippen LogP contribution in [0.2, 0.25) is 0 Å². The number of hydrogen-bond acceptors (Lipinski definition) is 4. The van der Waals surface area contributed by atoms with Crippen molar-refractivity contribution >= 4 is 11.4 Å². The SMILES string of the molecule is CC1CCC(CNc2ccncc2[N+](=O)[O-])C1. The normalized spacial score (nSPS) is 23.6. The maximum absolute atomic E-state index is 10.8. The second kappa shape index (κ2) is 5.12. The highest BCUT2D eigenvalue weighted by Gasteiger charge is 2.22. The van der Waals surface area contributed by atoms with Crippen LogP contribution >= 0.6 is 0 Å². The molecule has 2 rings (SSSR count). The van der Waals surface area contributed by atoms with Crippen LogP contribution in [0.1, 0.15) is 26.2 Å². The lowest BCUT2D eigenvalue weighted by Crippen LogP contribution is -2.12. The Labute approximate surface area is 100 Å². The van der Waals surface area contributed by atoms with Crippen molar-refractivity contribution in [3.05, 3.63) is 28.6 Å². The minimum atomic E-state index is -0.396. The van der Waals surface area contributed by atoms with Crippen molar-refractivity contribution in [3.8, 4) is 0 Å². The molecule has 2 atom stereocenters. The highest BCUT2D eigenvalue weighted by atomic mass is 16.6. The minimum Gasteiger partial charge on any atom is -0.379 e. The Hall–Kier alpha value is -1.65. The number of pyridine rings is 1. The lowest BCUT2D eigenvalue weighted by Gasteiger charge is -2.12. The average Bonchev–Trinajstić information content (AvgIpc) is 2.73. The summed E-state index contributed by atoms with van der Waals surface area (Å²) >= 11 is 0. The maximum Gasteiger partial charge on any atom is 0.310 e. The molecule has 17 heavy (non-hydrogen) atoms. The fourth-order valence-corrected chi connectivity index (χ4v) is 2.45. The second-order valence-electron chi connectivity index (χ2n) is 4.82. The van der Waals surface area contributed by atoms with Crippen LogP contribution in [0.4, 0.5) is 11.4 Å². The van der Waals surface area contributed by atoms with Gasteiger partial charge in [0.15, 0.2) is 0 Å². The van der Waals surface area contributed by atoms with Crippen LogP contribution in [0.3, 0.4) is 0 Å². The van der Waals surface area contributed by atoms with Crippen molar-refractivity contribution < 1.29 is 4.92 Å². The Morgan fingerprint density at radius 1 is 1.59 bits per heavy atom. The van der Waals surface area contributed by atoms with E-state index < -0.39 is 4.92 Å². The Kier molecular flexibility index (Phi) is 3.56. The number of rotatable bonds is 4. The van der Waals surface area contributed by atoms with Crippen molar-refractivity contribution in [1.29, 1.82) is 0 Å². The summed E-state index contributed by atoms with van der Waals surface area (Å²) in [6, 6.07) is 1.66. The van der Waals surface area contributed by atoms with Gasteiger partial charge in [0.2, 0.25) is 0 Å². The van der Waals surface area contributed by atoms with E-state index in [1.54, 1.807) is 12.3 Å². The molecule has 1 heterocycles. The van der Waals surface area contributed by atoms with Crippen molar-refractivity contribution in [2.45, 2.75) is 26.2 Å². The standard InChI is InChI=1S/C12H17N3O2/c1-9-2-3-10(6-9)7-14-11-4-5-13-8-12(11)15(16)17/h4-5,8-10H,2-3,6-7H2,1H3,(H,13,14). The van der Waals surface area contributed by atoms with E-state index in [0.717, 1.165) is 12.5 Å². The molecule has 1 N–H and O–H groups in total. The van der Waals surface area contributed by atoms with E-state index in [1.165, 1.54) is 25.5 Å². The molecule has 1 aliphatic rings. The summed E-state index contributed by atoms with van der Waals surface area (Å²) < 4.78 is 0. The van der Waals surface area contributed by atoms with Gasteiger partial charge in [0.05, 0.1) is 4.92 Å². The molecule has 92 valence electrons. The molecule has 0 bridgehead atoms. The molecule has 0 aromatic carbocycles. The first-order chi connectivity index (χ1) is 8.16. The fourth-order valence-electron chi connectivity index (χ4n) is 2.45. The molecule has 2 unspecified atom stereocenters. The highest BCUT2D eigenvalue weighted by molar-refractivity contribution is 5.59. The lowest BCUT2D eigenvalue weighted by molar-refractivity contribution is -0.384. The Bertz CT molecular complexity index is 408. The van der Waals surface area contributed by atoms with Crippen molar-refractivity contribution in [2.24, 2.45) is 11.8 Å². The molecule has 1 aliphatic carbocycles. The van der Waals surface area contributed by atoms with Gasteiger partial charge in [-0.05, 0) is 30.7 Å². The molecule has 1 fully saturated rings. The average molecular weight is 235 g/mol. The predicted molar refractivity (Wildman–Crippen MR) is 65.9 cm³/mol. The van der Waals surface area contributed by atoms with Crippen LogP contribution < -0.4 is 5.32 Å². The van der Waals surface area contributed by atoms with E-state index in [4.69, 9.17) is 0 Å². The third kappa shape index (κ3) is 2.93. The van der Waals surface area contributed by atoms with Crippen molar-refractivity contribution in [3.63, 3.8) is 0 Å². The topological polar surface area (TPSA) is 68.1 Å². The second-order valence-corrected chi connectivity index (χ2v) is 4.82. The van der Waals surface area contributed by atoms with E-state index in [9.17, 15) is 10.1 Å². The van der Waals surface area contributed by atoms with Gasteiger partial charge in [-0.2, -0.15) is 0 Å². The van der Waals surface area contributed by atoms with Crippen LogP contribution in [0.15, 0.2) is 18.5 Å². The van der Waals surface area contributed by atoms with Gasteiger partial charge in [0, 0.05) is 12.7 Å². The van der Waals surface area contributed by atoms with Crippen LogP contribution in [0.5, 0.6) is 0 Å². The van der Waals surface area contributed by atoms with Gasteiger partial charge in [-0.3, -0.25) is 15.1 Å². The summed E-state index contributed by atoms with van der Waals surface area (Å²) in [5.74, 6) is 1.42. The summed E-state index contributed by atoms with van der Waals surface area (Å²) in [6.07, 6.45) is 6.57. The van der Waals surface area contributed by atoms with E-state index >= 15 is 0 Å². The van der Waals surface area contributed by atoms with Gasteiger partial charge in [0.1, 0.15) is 11.9 Å². The Morgan fingerprint density at radius 2 is 2.41 bits per heavy atom. The number of aromatic nitrogens is 1. The molecule has 1 saturated carbocycles. The zero-order valence-corrected chi connectivity index (χ0v) is 9.93. The first kappa shape index (κ1) is 11.8. The smallest absolute Gasteiger partial charge is 0.310 e. The van der Waals surface area contributed by atoms with Crippen LogP contribution in [-0.2, 0) is 0 Å². The molecule has 0 amide bonds. The van der Waals surface area contributed by atoms with E-state index in [1.807, 2.05) is 0 Å². The first-order valence-electron chi connectivity index (χ1n) is 5.99. The highest BCUT2D eigenvalue weighted by Crippen LogP contribution is 2.31. The number of nitro groups is 1. The van der Waals surface area contributed by atoms with Crippen LogP contribution in [0.25, 0.3) is 0 Å². The Balaban J connectivity index is 1.97. The van der Waals surface area contributed by atoms with Crippen molar-refractivity contribution in [2.75, 3.05) is 11.9 Å². The number of hydrogen-bond donors (Lipinski definition) is 1. The van der Waals surface area contributed by atoms with Crippen LogP contribution in [0, 0.1) is 22.0 Å². The molecule has 5 heteroatoms. The molecular formula is C12H17N3O2. The molecule has 1 aromatic heterocycles. The van der Waals surface area contributed by atoms with Gasteiger partial charge in [-0.1, -0.05) is 13.3 Å². The third-order valence-corrected chi connectivity index (χ3v) is 3.38. The zero-order chi connectivity index (χ0) is 12.3. The largest absolute Gasteiger partial charge is 0.379 e. The fraction of sp³-hybridized carbons (Fsp3) is 0.583. The van der Waals surface area contributed by atoms with E-state index in [-0.39, 0.29) is 5.69 Å². The third-order valence-electron chi connectivity index (χ3n) is 3.38. The molecule has 5 nitrogen and oxygen atoms in total. The minimum absolute atomic E-state index is 0.0542. The Morgan fingerprint density at radius 3 is 3.06 bits per heavy atom. The van der Waals surface area contributed by atoms with Gasteiger partial charge < -0.3 is 5.32 Å². The van der Waals surface area contributed by atoms with E-state index in [2.05, 4.69) is 17.2 Å². The van der Waals surface area contributed by atoms with Crippen LogP contribution in [-0.4, -0.2) is 16.5 Å². The van der Waals surface area contributed by atoms with Gasteiger partial charge in [0.25, 0.3) is 0 Å². The lowest BCUT2D eigenvalue weighted by atomic mass is 10.1. The van der Waals surface area contributed by atoms with Crippen molar-refractivity contribution in [1.82, 2.24) is 4.98 Å². The first-order valence-corrected chi connectivity index (χ1v) is 5.99. The van der Waals surface area contributed by atoms with Gasteiger partial charge >= 0.3 is 5.69 Å². The summed E-state index contributed by atoms with van der Waals surface area (Å²) in [6.45, 7) is 3.07. The monoisotopic (exact) mass is 235 g/mol. The maximum atomic E-state index is 10.8. The predicted octanol–water partition coefficient (Wildman–Crippen LogP) is 2.84. The number of nitrogens with one attached hydrogen (secondary N) is 1. The molecule has 0 spiro atoms. The van der Waals surface area contributed by atoms with E-state index in [0.29, 0.717) is 11.6 Å². The summed E-state index contributed by atoms with van der Waals surface area (Å²) in [5, 5.41) is 14.0. The summed E-state index contributed by atoms with van der Waals surface area (Å²) in [5.41, 5.74) is 0.628. The number of anilines is 1. The summed E-state index contributed by atoms with van der Waals surface area (Å²) in [4.78, 5) is 14.2. The molecule has 0 radical (unpaired) electrons. The molecule has 1 aromatic rings. The number of nitrogens with zero attached hydrogens (tertiary/aromatic N) is 2. The quantitative estimate of drug-likeness (QED) is 0.643. The zero-order valence-electron chi connectivity index (χ0n) is 9.93. The molecule has 0 aliphatic heterocycles. The molecule has 0 saturated heterocycles. The van der Waals surface area contributed by atoms with Gasteiger partial charge in [-0.25, -0.2) is 0 Å². The van der Waals surface area contributed by atoms with Gasteiger partial charge in [-0.15, -0.1) is 0 Å².